The van der Waals surface area contributed by atoms with Crippen molar-refractivity contribution in [3.8, 4) is 0 Å². The van der Waals surface area contributed by atoms with Crippen LogP contribution in [-0.4, -0.2) is 58.6 Å². The number of hydrogen-bond acceptors (Lipinski definition) is 6. The molecular weight excluding hydrogens is 606 g/mol. The maximum absolute atomic E-state index is 14.6. The van der Waals surface area contributed by atoms with Gasteiger partial charge in [0.25, 0.3) is 0 Å². The first-order valence-electron chi connectivity index (χ1n) is 17.0. The van der Waals surface area contributed by atoms with Gasteiger partial charge in [-0.15, -0.1) is 0 Å². The number of carbonyl (C=O) groups is 4. The van der Waals surface area contributed by atoms with E-state index >= 15 is 0 Å². The number of benzene rings is 2. The summed E-state index contributed by atoms with van der Waals surface area (Å²) >= 11 is 0. The third-order valence-electron chi connectivity index (χ3n) is 7.29. The van der Waals surface area contributed by atoms with Crippen molar-refractivity contribution >= 4 is 30.0 Å². The van der Waals surface area contributed by atoms with E-state index in [2.05, 4.69) is 24.1 Å². The van der Waals surface area contributed by atoms with Gasteiger partial charge in [-0.3, -0.25) is 9.59 Å². The maximum Gasteiger partial charge on any atom is 0.408 e. The third kappa shape index (κ3) is 13.9. The summed E-state index contributed by atoms with van der Waals surface area (Å²) in [6.45, 7) is 20.7. The van der Waals surface area contributed by atoms with Crippen molar-refractivity contribution in [3.63, 3.8) is 0 Å². The van der Waals surface area contributed by atoms with Crippen molar-refractivity contribution in [2.24, 2.45) is 5.92 Å². The minimum Gasteiger partial charge on any atom is -0.458 e. The van der Waals surface area contributed by atoms with Crippen LogP contribution in [0.4, 0.5) is 4.79 Å². The first kappa shape index (κ1) is 40.0. The van der Waals surface area contributed by atoms with E-state index < -0.39 is 53.2 Å². The molecule has 0 bridgehead atoms. The molecule has 3 amide bonds. The largest absolute Gasteiger partial charge is 0.458 e. The lowest BCUT2D eigenvalue weighted by Gasteiger charge is -2.36. The number of carbonyl (C=O) groups excluding carboxylic acids is 4. The lowest BCUT2D eigenvalue weighted by molar-refractivity contribution is -0.159. The average Bonchev–Trinajstić information content (AvgIpc) is 2.98. The summed E-state index contributed by atoms with van der Waals surface area (Å²) in [7, 11) is 0. The van der Waals surface area contributed by atoms with Gasteiger partial charge >= 0.3 is 12.1 Å². The van der Waals surface area contributed by atoms with Gasteiger partial charge < -0.3 is 25.0 Å². The molecule has 0 spiro atoms. The predicted molar refractivity (Wildman–Crippen MR) is 191 cm³/mol. The van der Waals surface area contributed by atoms with Gasteiger partial charge in [0.1, 0.15) is 29.3 Å². The number of nitrogens with zero attached hydrogens (tertiary/aromatic N) is 1. The van der Waals surface area contributed by atoms with E-state index in [-0.39, 0.29) is 18.9 Å². The lowest BCUT2D eigenvalue weighted by atomic mass is 9.97. The van der Waals surface area contributed by atoms with Crippen molar-refractivity contribution in [2.45, 2.75) is 124 Å². The minimum absolute atomic E-state index is 0.0465. The molecule has 2 aromatic carbocycles. The molecule has 0 aromatic heterocycles. The van der Waals surface area contributed by atoms with Gasteiger partial charge in [0, 0.05) is 13.0 Å². The zero-order valence-corrected chi connectivity index (χ0v) is 30.4. The average molecular weight is 664 g/mol. The fourth-order valence-corrected chi connectivity index (χ4v) is 5.24. The summed E-state index contributed by atoms with van der Waals surface area (Å²) in [5, 5.41) is 5.74. The normalized spacial score (nSPS) is 13.5. The highest BCUT2D eigenvalue weighted by Gasteiger charge is 2.38. The van der Waals surface area contributed by atoms with Crippen molar-refractivity contribution in [2.75, 3.05) is 6.54 Å². The summed E-state index contributed by atoms with van der Waals surface area (Å²) in [5.41, 5.74) is 0.615. The van der Waals surface area contributed by atoms with Gasteiger partial charge in [-0.2, -0.15) is 0 Å². The quantitative estimate of drug-likeness (QED) is 0.143. The molecule has 2 aromatic rings. The maximum atomic E-state index is 14.6. The molecule has 0 aliphatic carbocycles. The van der Waals surface area contributed by atoms with Crippen molar-refractivity contribution < 1.29 is 28.7 Å². The van der Waals surface area contributed by atoms with E-state index in [0.29, 0.717) is 18.4 Å². The number of unbranched alkanes of at least 4 members (excludes halogenated alkanes) is 2. The van der Waals surface area contributed by atoms with E-state index in [4.69, 9.17) is 9.47 Å². The van der Waals surface area contributed by atoms with Crippen LogP contribution in [0.25, 0.3) is 6.08 Å². The summed E-state index contributed by atoms with van der Waals surface area (Å²) < 4.78 is 11.3. The molecule has 0 radical (unpaired) electrons. The zero-order valence-electron chi connectivity index (χ0n) is 30.4. The van der Waals surface area contributed by atoms with Crippen LogP contribution in [0.5, 0.6) is 0 Å². The Morgan fingerprint density at radius 3 is 2.06 bits per heavy atom. The molecule has 0 saturated carbocycles. The van der Waals surface area contributed by atoms with Crippen molar-refractivity contribution in [1.82, 2.24) is 15.5 Å². The van der Waals surface area contributed by atoms with Crippen LogP contribution in [0.3, 0.4) is 0 Å². The zero-order chi connectivity index (χ0) is 36.1. The van der Waals surface area contributed by atoms with Gasteiger partial charge in [0.2, 0.25) is 11.8 Å². The molecule has 3 atom stereocenters. The second-order valence-electron chi connectivity index (χ2n) is 14.6. The third-order valence-corrected chi connectivity index (χ3v) is 7.29. The minimum atomic E-state index is -1.12. The molecule has 48 heavy (non-hydrogen) atoms. The molecule has 2 N–H and O–H groups in total. The van der Waals surface area contributed by atoms with Gasteiger partial charge in [-0.25, -0.2) is 9.59 Å². The smallest absolute Gasteiger partial charge is 0.408 e. The SMILES string of the molecule is C=Cc1cccc(C(C(=O)NC(Cc2ccccc2)C(=O)OC(C)(C)C)N(CCCCC)C(=O)C(CC(C)C)NC(=O)OC(C)(C)C)c1. The number of amides is 3. The van der Waals surface area contributed by atoms with Crippen molar-refractivity contribution in [3.05, 3.63) is 77.9 Å². The molecule has 2 rings (SSSR count). The van der Waals surface area contributed by atoms with Gasteiger partial charge in [-0.05, 0) is 83.1 Å². The number of nitrogens with one attached hydrogen (secondary N) is 2. The van der Waals surface area contributed by atoms with Crippen LogP contribution in [0.2, 0.25) is 0 Å². The first-order valence-corrected chi connectivity index (χ1v) is 17.0. The Bertz CT molecular complexity index is 1360. The fourth-order valence-electron chi connectivity index (χ4n) is 5.24. The molecule has 264 valence electrons. The standard InChI is InChI=1S/C39H57N3O6/c1-11-13-17-23-42(35(44)31(24-27(3)4)41-37(46)48-39(8,9)10)33(30-22-18-21-28(12-2)25-30)34(43)40-32(36(45)47-38(5,6)7)26-29-19-15-14-16-20-29/h12,14-16,18-22,25,27,31-33H,2,11,13,17,23-24,26H2,1,3-10H3,(H,40,43)(H,41,46). The van der Waals surface area contributed by atoms with Crippen LogP contribution in [0.1, 0.15) is 111 Å². The Morgan fingerprint density at radius 1 is 0.854 bits per heavy atom. The molecule has 9 nitrogen and oxygen atoms in total. The summed E-state index contributed by atoms with van der Waals surface area (Å²) in [5.74, 6) is -1.48. The van der Waals surface area contributed by atoms with Crippen LogP contribution < -0.4 is 10.6 Å². The van der Waals surface area contributed by atoms with Crippen LogP contribution in [-0.2, 0) is 30.3 Å². The van der Waals surface area contributed by atoms with E-state index in [1.54, 1.807) is 59.8 Å². The monoisotopic (exact) mass is 663 g/mol. The topological polar surface area (TPSA) is 114 Å². The van der Waals surface area contributed by atoms with Crippen LogP contribution in [0.15, 0.2) is 61.2 Å². The number of alkyl carbamates (subject to hydrolysis) is 1. The van der Waals surface area contributed by atoms with Gasteiger partial charge in [0.15, 0.2) is 0 Å². The number of esters is 1. The Labute approximate surface area is 287 Å². The predicted octanol–water partition coefficient (Wildman–Crippen LogP) is 7.40. The van der Waals surface area contributed by atoms with E-state index in [1.807, 2.05) is 56.3 Å². The summed E-state index contributed by atoms with van der Waals surface area (Å²) in [4.78, 5) is 57.2. The summed E-state index contributed by atoms with van der Waals surface area (Å²) in [6, 6.07) is 13.6. The number of ether oxygens (including phenoxy) is 2. The first-order chi connectivity index (χ1) is 22.4. The van der Waals surface area contributed by atoms with Crippen molar-refractivity contribution in [1.29, 1.82) is 0 Å². The highest BCUT2D eigenvalue weighted by Crippen LogP contribution is 2.27. The Kier molecular flexibility index (Phi) is 15.4. The highest BCUT2D eigenvalue weighted by atomic mass is 16.6. The molecule has 0 aliphatic heterocycles. The molecule has 0 saturated heterocycles. The Hall–Kier alpha value is -4.14. The molecule has 0 heterocycles. The second kappa shape index (κ2) is 18.4. The Morgan fingerprint density at radius 2 is 1.50 bits per heavy atom. The number of hydrogen-bond donors (Lipinski definition) is 2. The second-order valence-corrected chi connectivity index (χ2v) is 14.6. The molecular formula is C39H57N3O6. The molecule has 0 aliphatic rings. The molecule has 3 unspecified atom stereocenters. The van der Waals surface area contributed by atoms with Crippen LogP contribution in [0, 0.1) is 5.92 Å². The van der Waals surface area contributed by atoms with Crippen LogP contribution >= 0.6 is 0 Å². The van der Waals surface area contributed by atoms with Gasteiger partial charge in [-0.1, -0.05) is 94.8 Å². The van der Waals surface area contributed by atoms with E-state index in [0.717, 1.165) is 24.0 Å². The Balaban J connectivity index is 2.66. The van der Waals surface area contributed by atoms with E-state index in [9.17, 15) is 19.2 Å². The fraction of sp³-hybridized carbons (Fsp3) is 0.538. The summed E-state index contributed by atoms with van der Waals surface area (Å²) in [6.07, 6.45) is 3.85. The van der Waals surface area contributed by atoms with Gasteiger partial charge in [0.05, 0.1) is 0 Å². The molecule has 0 fully saturated rings. The highest BCUT2D eigenvalue weighted by molar-refractivity contribution is 5.94. The lowest BCUT2D eigenvalue weighted by Crippen LogP contribution is -2.55. The van der Waals surface area contributed by atoms with E-state index in [1.165, 1.54) is 4.90 Å². The molecule has 9 heteroatoms. The number of rotatable bonds is 16.